The van der Waals surface area contributed by atoms with Crippen LogP contribution in [0.2, 0.25) is 10.0 Å². The molecule has 122 valence electrons. The fourth-order valence-corrected chi connectivity index (χ4v) is 3.00. The van der Waals surface area contributed by atoms with Crippen LogP contribution in [-0.2, 0) is 9.53 Å². The van der Waals surface area contributed by atoms with E-state index in [0.29, 0.717) is 48.3 Å². The standard InChI is InChI=1S/C16H21Cl2NO3/c1-11-9-19(10-12(2)22-11)16(20)4-3-7-21-15-6-5-13(17)8-14(15)18/h5-6,8,11-12H,3-4,7,9-10H2,1-2H3/t11-,12-/m0/s1. The quantitative estimate of drug-likeness (QED) is 0.762. The SMILES string of the molecule is C[C@H]1CN(C(=O)CCCOc2ccc(Cl)cc2Cl)C[C@H](C)O1. The van der Waals surface area contributed by atoms with Crippen molar-refractivity contribution >= 4 is 29.1 Å². The highest BCUT2D eigenvalue weighted by Gasteiger charge is 2.25. The Morgan fingerprint density at radius 3 is 2.64 bits per heavy atom. The highest BCUT2D eigenvalue weighted by Crippen LogP contribution is 2.27. The van der Waals surface area contributed by atoms with Crippen LogP contribution < -0.4 is 4.74 Å². The summed E-state index contributed by atoms with van der Waals surface area (Å²) in [6.45, 7) is 5.74. The number of carbonyl (C=O) groups excluding carboxylic acids is 1. The molecular weight excluding hydrogens is 325 g/mol. The molecule has 2 atom stereocenters. The Balaban J connectivity index is 1.73. The van der Waals surface area contributed by atoms with Gasteiger partial charge in [0.15, 0.2) is 0 Å². The van der Waals surface area contributed by atoms with Gasteiger partial charge in [0.2, 0.25) is 5.91 Å². The fraction of sp³-hybridized carbons (Fsp3) is 0.562. The molecule has 2 rings (SSSR count). The maximum Gasteiger partial charge on any atom is 0.222 e. The number of ether oxygens (including phenoxy) is 2. The zero-order chi connectivity index (χ0) is 16.1. The van der Waals surface area contributed by atoms with Crippen molar-refractivity contribution in [3.63, 3.8) is 0 Å². The molecule has 1 amide bonds. The van der Waals surface area contributed by atoms with Gasteiger partial charge in [-0.1, -0.05) is 23.2 Å². The Hall–Kier alpha value is -0.970. The third kappa shape index (κ3) is 5.04. The number of morpholine rings is 1. The first-order valence-electron chi connectivity index (χ1n) is 7.47. The lowest BCUT2D eigenvalue weighted by Crippen LogP contribution is -2.48. The first-order valence-corrected chi connectivity index (χ1v) is 8.22. The highest BCUT2D eigenvalue weighted by molar-refractivity contribution is 6.35. The molecule has 0 spiro atoms. The summed E-state index contributed by atoms with van der Waals surface area (Å²) in [7, 11) is 0. The molecule has 4 nitrogen and oxygen atoms in total. The van der Waals surface area contributed by atoms with Gasteiger partial charge in [-0.15, -0.1) is 0 Å². The van der Waals surface area contributed by atoms with Gasteiger partial charge in [0.05, 0.1) is 23.8 Å². The molecule has 1 aliphatic heterocycles. The lowest BCUT2D eigenvalue weighted by Gasteiger charge is -2.35. The van der Waals surface area contributed by atoms with E-state index in [4.69, 9.17) is 32.7 Å². The van der Waals surface area contributed by atoms with Gasteiger partial charge in [-0.05, 0) is 38.5 Å². The second-order valence-corrected chi connectivity index (χ2v) is 6.43. The average molecular weight is 346 g/mol. The summed E-state index contributed by atoms with van der Waals surface area (Å²) in [6.07, 6.45) is 1.30. The van der Waals surface area contributed by atoms with Crippen LogP contribution in [0.15, 0.2) is 18.2 Å². The predicted molar refractivity (Wildman–Crippen MR) is 87.8 cm³/mol. The van der Waals surface area contributed by atoms with Gasteiger partial charge < -0.3 is 14.4 Å². The summed E-state index contributed by atoms with van der Waals surface area (Å²) in [5.41, 5.74) is 0. The maximum atomic E-state index is 12.2. The molecule has 1 aromatic carbocycles. The average Bonchev–Trinajstić information content (AvgIpc) is 2.44. The monoisotopic (exact) mass is 345 g/mol. The molecule has 0 unspecified atom stereocenters. The second-order valence-electron chi connectivity index (χ2n) is 5.58. The molecule has 1 saturated heterocycles. The number of benzene rings is 1. The summed E-state index contributed by atoms with van der Waals surface area (Å²) in [4.78, 5) is 14.1. The molecule has 0 aromatic heterocycles. The lowest BCUT2D eigenvalue weighted by molar-refractivity contribution is -0.143. The Morgan fingerprint density at radius 2 is 2.00 bits per heavy atom. The summed E-state index contributed by atoms with van der Waals surface area (Å²) < 4.78 is 11.2. The van der Waals surface area contributed by atoms with E-state index in [1.165, 1.54) is 0 Å². The maximum absolute atomic E-state index is 12.2. The van der Waals surface area contributed by atoms with Gasteiger partial charge in [0, 0.05) is 24.5 Å². The molecule has 1 heterocycles. The van der Waals surface area contributed by atoms with Gasteiger partial charge in [0.25, 0.3) is 0 Å². The lowest BCUT2D eigenvalue weighted by atomic mass is 10.2. The normalized spacial score (nSPS) is 21.7. The van der Waals surface area contributed by atoms with E-state index in [9.17, 15) is 4.79 Å². The van der Waals surface area contributed by atoms with E-state index in [1.807, 2.05) is 18.7 Å². The number of hydrogen-bond acceptors (Lipinski definition) is 3. The molecule has 22 heavy (non-hydrogen) atoms. The van der Waals surface area contributed by atoms with Crippen LogP contribution in [0, 0.1) is 0 Å². The number of amides is 1. The van der Waals surface area contributed by atoms with Crippen molar-refractivity contribution in [3.8, 4) is 5.75 Å². The number of carbonyl (C=O) groups is 1. The van der Waals surface area contributed by atoms with Gasteiger partial charge in [-0.25, -0.2) is 0 Å². The first kappa shape index (κ1) is 17.4. The Bertz CT molecular complexity index is 514. The van der Waals surface area contributed by atoms with E-state index in [1.54, 1.807) is 18.2 Å². The largest absolute Gasteiger partial charge is 0.492 e. The fourth-order valence-electron chi connectivity index (χ4n) is 2.54. The number of nitrogens with zero attached hydrogens (tertiary/aromatic N) is 1. The van der Waals surface area contributed by atoms with Crippen LogP contribution in [0.1, 0.15) is 26.7 Å². The zero-order valence-electron chi connectivity index (χ0n) is 12.9. The summed E-state index contributed by atoms with van der Waals surface area (Å²) in [6, 6.07) is 5.10. The molecule has 0 aliphatic carbocycles. The molecule has 6 heteroatoms. The van der Waals surface area contributed by atoms with Crippen molar-refractivity contribution in [2.75, 3.05) is 19.7 Å². The van der Waals surface area contributed by atoms with E-state index < -0.39 is 0 Å². The summed E-state index contributed by atoms with van der Waals surface area (Å²) in [5.74, 6) is 0.736. The van der Waals surface area contributed by atoms with Gasteiger partial charge >= 0.3 is 0 Å². The molecular formula is C16H21Cl2NO3. The van der Waals surface area contributed by atoms with Crippen molar-refractivity contribution in [1.82, 2.24) is 4.90 Å². The smallest absolute Gasteiger partial charge is 0.222 e. The Kier molecular flexibility index (Phi) is 6.36. The van der Waals surface area contributed by atoms with E-state index >= 15 is 0 Å². The molecule has 1 aromatic rings. The minimum atomic E-state index is 0.0943. The first-order chi connectivity index (χ1) is 10.5. The molecule has 0 bridgehead atoms. The third-order valence-electron chi connectivity index (χ3n) is 3.46. The van der Waals surface area contributed by atoms with Crippen LogP contribution in [-0.4, -0.2) is 42.7 Å². The number of halogens is 2. The van der Waals surface area contributed by atoms with Gasteiger partial charge in [0.1, 0.15) is 5.75 Å². The topological polar surface area (TPSA) is 38.8 Å². The summed E-state index contributed by atoms with van der Waals surface area (Å²) >= 11 is 11.9. The van der Waals surface area contributed by atoms with Gasteiger partial charge in [-0.3, -0.25) is 4.79 Å². The molecule has 0 N–H and O–H groups in total. The Labute approximate surface area is 141 Å². The van der Waals surface area contributed by atoms with Crippen LogP contribution in [0.3, 0.4) is 0 Å². The van der Waals surface area contributed by atoms with Crippen molar-refractivity contribution < 1.29 is 14.3 Å². The number of rotatable bonds is 5. The van der Waals surface area contributed by atoms with Crippen molar-refractivity contribution in [3.05, 3.63) is 28.2 Å². The third-order valence-corrected chi connectivity index (χ3v) is 3.99. The van der Waals surface area contributed by atoms with Crippen LogP contribution in [0.25, 0.3) is 0 Å². The summed E-state index contributed by atoms with van der Waals surface area (Å²) in [5, 5.41) is 1.05. The van der Waals surface area contributed by atoms with E-state index in [2.05, 4.69) is 0 Å². The number of hydrogen-bond donors (Lipinski definition) is 0. The minimum Gasteiger partial charge on any atom is -0.492 e. The van der Waals surface area contributed by atoms with Crippen molar-refractivity contribution in [2.24, 2.45) is 0 Å². The van der Waals surface area contributed by atoms with Crippen molar-refractivity contribution in [2.45, 2.75) is 38.9 Å². The molecule has 0 radical (unpaired) electrons. The van der Waals surface area contributed by atoms with Crippen LogP contribution in [0.4, 0.5) is 0 Å². The predicted octanol–water partition coefficient (Wildman–Crippen LogP) is 3.79. The molecule has 0 saturated carbocycles. The second kappa shape index (κ2) is 8.04. The zero-order valence-corrected chi connectivity index (χ0v) is 14.4. The van der Waals surface area contributed by atoms with E-state index in [0.717, 1.165) is 0 Å². The Morgan fingerprint density at radius 1 is 1.32 bits per heavy atom. The van der Waals surface area contributed by atoms with Crippen LogP contribution >= 0.6 is 23.2 Å². The van der Waals surface area contributed by atoms with Gasteiger partial charge in [-0.2, -0.15) is 0 Å². The van der Waals surface area contributed by atoms with Crippen molar-refractivity contribution in [1.29, 1.82) is 0 Å². The molecule has 1 aliphatic rings. The molecule has 1 fully saturated rings. The van der Waals surface area contributed by atoms with Crippen LogP contribution in [0.5, 0.6) is 5.75 Å². The van der Waals surface area contributed by atoms with E-state index in [-0.39, 0.29) is 18.1 Å². The minimum absolute atomic E-state index is 0.0943. The highest BCUT2D eigenvalue weighted by atomic mass is 35.5.